The molecule has 2 aromatic heterocycles. The Kier molecular flexibility index (Phi) is 5.33. The number of hydrogen-bond acceptors (Lipinski definition) is 4. The SMILES string of the molecule is Cc1ccc(N2CCN(c3cc(C(C)C)nc4c(-c5ccccc5)c(C)nn34)CC2)cc1. The molecule has 0 radical (unpaired) electrons. The molecule has 3 heterocycles. The number of piperazine rings is 1. The lowest BCUT2D eigenvalue weighted by molar-refractivity contribution is 0.636. The minimum atomic E-state index is 0.353. The Morgan fingerprint density at radius 1 is 0.812 bits per heavy atom. The molecule has 164 valence electrons. The van der Waals surface area contributed by atoms with Crippen LogP contribution in [0.5, 0.6) is 0 Å². The molecule has 5 rings (SSSR count). The summed E-state index contributed by atoms with van der Waals surface area (Å²) in [5, 5.41) is 4.95. The largest absolute Gasteiger partial charge is 0.368 e. The van der Waals surface area contributed by atoms with Crippen LogP contribution in [0, 0.1) is 13.8 Å². The molecule has 1 aliphatic heterocycles. The first kappa shape index (κ1) is 20.6. The van der Waals surface area contributed by atoms with Crippen LogP contribution in [0.4, 0.5) is 11.5 Å². The summed E-state index contributed by atoms with van der Waals surface area (Å²) in [5.41, 5.74) is 8.00. The van der Waals surface area contributed by atoms with Crippen molar-refractivity contribution in [2.45, 2.75) is 33.6 Å². The van der Waals surface area contributed by atoms with Gasteiger partial charge in [-0.15, -0.1) is 0 Å². The van der Waals surface area contributed by atoms with Crippen LogP contribution in [0.3, 0.4) is 0 Å². The average Bonchev–Trinajstić information content (AvgIpc) is 3.15. The molecule has 5 nitrogen and oxygen atoms in total. The molecule has 4 aromatic rings. The Bertz CT molecular complexity index is 1220. The predicted octanol–water partition coefficient (Wildman–Crippen LogP) is 5.46. The van der Waals surface area contributed by atoms with Crippen molar-refractivity contribution in [3.05, 3.63) is 77.6 Å². The van der Waals surface area contributed by atoms with Crippen LogP contribution in [0.25, 0.3) is 16.8 Å². The van der Waals surface area contributed by atoms with Crippen molar-refractivity contribution >= 4 is 17.2 Å². The summed E-state index contributed by atoms with van der Waals surface area (Å²) < 4.78 is 2.06. The second kappa shape index (κ2) is 8.30. The molecule has 1 fully saturated rings. The summed E-state index contributed by atoms with van der Waals surface area (Å²) >= 11 is 0. The second-order valence-corrected chi connectivity index (χ2v) is 9.07. The standard InChI is InChI=1S/C27H31N5/c1-19(2)24-18-25(31-16-14-30(15-17-31)23-12-10-20(3)11-13-23)32-27(28-24)26(21(4)29-32)22-8-6-5-7-9-22/h5-13,18-19H,14-17H2,1-4H3. The normalized spacial score (nSPS) is 14.5. The highest BCUT2D eigenvalue weighted by molar-refractivity contribution is 5.81. The lowest BCUT2D eigenvalue weighted by Crippen LogP contribution is -2.47. The summed E-state index contributed by atoms with van der Waals surface area (Å²) in [4.78, 5) is 10.00. The van der Waals surface area contributed by atoms with Crippen LogP contribution >= 0.6 is 0 Å². The molecule has 2 aromatic carbocycles. The number of anilines is 2. The van der Waals surface area contributed by atoms with Gasteiger partial charge in [0.2, 0.25) is 0 Å². The number of hydrogen-bond donors (Lipinski definition) is 0. The highest BCUT2D eigenvalue weighted by atomic mass is 15.4. The van der Waals surface area contributed by atoms with Gasteiger partial charge in [-0.3, -0.25) is 0 Å². The van der Waals surface area contributed by atoms with E-state index in [1.54, 1.807) is 0 Å². The van der Waals surface area contributed by atoms with E-state index in [1.807, 2.05) is 0 Å². The third kappa shape index (κ3) is 3.72. The summed E-state index contributed by atoms with van der Waals surface area (Å²) in [7, 11) is 0. The summed E-state index contributed by atoms with van der Waals surface area (Å²) in [5.74, 6) is 1.50. The first-order valence-electron chi connectivity index (χ1n) is 11.5. The van der Waals surface area contributed by atoms with Gasteiger partial charge in [-0.1, -0.05) is 61.9 Å². The fourth-order valence-corrected chi connectivity index (χ4v) is 4.54. The number of nitrogens with zero attached hydrogens (tertiary/aromatic N) is 5. The van der Waals surface area contributed by atoms with Crippen molar-refractivity contribution in [1.82, 2.24) is 14.6 Å². The van der Waals surface area contributed by atoms with Crippen molar-refractivity contribution in [3.63, 3.8) is 0 Å². The van der Waals surface area contributed by atoms with Crippen molar-refractivity contribution in [1.29, 1.82) is 0 Å². The highest BCUT2D eigenvalue weighted by Gasteiger charge is 2.23. The van der Waals surface area contributed by atoms with Crippen molar-refractivity contribution in [2.24, 2.45) is 0 Å². The van der Waals surface area contributed by atoms with Gasteiger partial charge in [0.15, 0.2) is 5.65 Å². The van der Waals surface area contributed by atoms with Crippen molar-refractivity contribution < 1.29 is 0 Å². The van der Waals surface area contributed by atoms with Gasteiger partial charge in [-0.05, 0) is 37.5 Å². The second-order valence-electron chi connectivity index (χ2n) is 9.07. The Hall–Kier alpha value is -3.34. The fraction of sp³-hybridized carbons (Fsp3) is 0.333. The Morgan fingerprint density at radius 2 is 1.47 bits per heavy atom. The maximum Gasteiger partial charge on any atom is 0.165 e. The van der Waals surface area contributed by atoms with E-state index in [4.69, 9.17) is 10.1 Å². The van der Waals surface area contributed by atoms with Gasteiger partial charge in [-0.25, -0.2) is 4.98 Å². The molecule has 0 N–H and O–H groups in total. The zero-order chi connectivity index (χ0) is 22.2. The van der Waals surface area contributed by atoms with E-state index in [-0.39, 0.29) is 0 Å². The molecule has 0 bridgehead atoms. The van der Waals surface area contributed by atoms with E-state index in [9.17, 15) is 0 Å². The van der Waals surface area contributed by atoms with E-state index >= 15 is 0 Å². The van der Waals surface area contributed by atoms with Crippen molar-refractivity contribution in [2.75, 3.05) is 36.0 Å². The first-order chi connectivity index (χ1) is 15.5. The molecule has 1 saturated heterocycles. The minimum Gasteiger partial charge on any atom is -0.368 e. The smallest absolute Gasteiger partial charge is 0.165 e. The van der Waals surface area contributed by atoms with Crippen LogP contribution < -0.4 is 9.80 Å². The molecule has 32 heavy (non-hydrogen) atoms. The molecule has 1 aliphatic rings. The van der Waals surface area contributed by atoms with E-state index in [0.717, 1.165) is 54.6 Å². The van der Waals surface area contributed by atoms with Crippen LogP contribution in [-0.4, -0.2) is 40.8 Å². The zero-order valence-electron chi connectivity index (χ0n) is 19.4. The van der Waals surface area contributed by atoms with Gasteiger partial charge in [0.25, 0.3) is 0 Å². The number of aryl methyl sites for hydroxylation is 2. The van der Waals surface area contributed by atoms with Gasteiger partial charge >= 0.3 is 0 Å². The molecular formula is C27H31N5. The molecule has 0 aliphatic carbocycles. The van der Waals surface area contributed by atoms with Gasteiger partial charge in [0, 0.05) is 49.2 Å². The fourth-order valence-electron chi connectivity index (χ4n) is 4.54. The quantitative estimate of drug-likeness (QED) is 0.435. The number of fused-ring (bicyclic) bond motifs is 1. The van der Waals surface area contributed by atoms with E-state index in [1.165, 1.54) is 16.8 Å². The van der Waals surface area contributed by atoms with Gasteiger partial charge in [0.1, 0.15) is 5.82 Å². The molecule has 0 atom stereocenters. The molecular weight excluding hydrogens is 394 g/mol. The minimum absolute atomic E-state index is 0.353. The van der Waals surface area contributed by atoms with Gasteiger partial charge < -0.3 is 9.80 Å². The molecule has 0 unspecified atom stereocenters. The third-order valence-corrected chi connectivity index (χ3v) is 6.42. The van der Waals surface area contributed by atoms with Crippen molar-refractivity contribution in [3.8, 4) is 11.1 Å². The van der Waals surface area contributed by atoms with Gasteiger partial charge in [0.05, 0.1) is 5.69 Å². The maximum absolute atomic E-state index is 5.06. The number of rotatable bonds is 4. The maximum atomic E-state index is 5.06. The van der Waals surface area contributed by atoms with Gasteiger partial charge in [-0.2, -0.15) is 9.61 Å². The summed E-state index contributed by atoms with van der Waals surface area (Å²) in [6, 6.07) is 21.6. The van der Waals surface area contributed by atoms with Crippen LogP contribution in [0.15, 0.2) is 60.7 Å². The first-order valence-corrected chi connectivity index (χ1v) is 11.5. The topological polar surface area (TPSA) is 36.7 Å². The van der Waals surface area contributed by atoms with E-state index < -0.39 is 0 Å². The highest BCUT2D eigenvalue weighted by Crippen LogP contribution is 2.32. The Balaban J connectivity index is 1.52. The van der Waals surface area contributed by atoms with E-state index in [2.05, 4.69) is 103 Å². The summed E-state index contributed by atoms with van der Waals surface area (Å²) in [6.45, 7) is 12.6. The monoisotopic (exact) mass is 425 g/mol. The molecule has 0 spiro atoms. The zero-order valence-corrected chi connectivity index (χ0v) is 19.4. The molecule has 0 amide bonds. The average molecular weight is 426 g/mol. The Labute approximate surface area is 190 Å². The number of aromatic nitrogens is 3. The predicted molar refractivity (Wildman–Crippen MR) is 133 cm³/mol. The number of benzene rings is 2. The third-order valence-electron chi connectivity index (χ3n) is 6.42. The molecule has 5 heteroatoms. The summed E-state index contributed by atoms with van der Waals surface area (Å²) in [6.07, 6.45) is 0. The lowest BCUT2D eigenvalue weighted by Gasteiger charge is -2.37. The van der Waals surface area contributed by atoms with Crippen LogP contribution in [0.1, 0.15) is 36.7 Å². The van der Waals surface area contributed by atoms with Crippen LogP contribution in [0.2, 0.25) is 0 Å². The van der Waals surface area contributed by atoms with E-state index in [0.29, 0.717) is 5.92 Å². The molecule has 0 saturated carbocycles. The van der Waals surface area contributed by atoms with Crippen LogP contribution in [-0.2, 0) is 0 Å². The lowest BCUT2D eigenvalue weighted by atomic mass is 10.1. The Morgan fingerprint density at radius 3 is 2.12 bits per heavy atom.